The Kier molecular flexibility index (Phi) is 6.12. The minimum absolute atomic E-state index is 0. The van der Waals surface area contributed by atoms with E-state index in [0.29, 0.717) is 12.5 Å². The normalized spacial score (nSPS) is 15.3. The van der Waals surface area contributed by atoms with E-state index in [1.54, 1.807) is 14.2 Å². The topological polar surface area (TPSA) is 50.4 Å². The average Bonchev–Trinajstić information content (AvgIpc) is 3.21. The molecule has 19 heavy (non-hydrogen) atoms. The first kappa shape index (κ1) is 15.8. The van der Waals surface area contributed by atoms with Crippen molar-refractivity contribution in [2.24, 2.45) is 5.92 Å². The zero-order chi connectivity index (χ0) is 13.0. The van der Waals surface area contributed by atoms with Crippen LogP contribution < -0.4 is 15.4 Å². The second-order valence-electron chi connectivity index (χ2n) is 4.69. The van der Waals surface area contributed by atoms with Gasteiger partial charge in [-0.2, -0.15) is 0 Å². The summed E-state index contributed by atoms with van der Waals surface area (Å²) in [6.45, 7) is 0.360. The summed E-state index contributed by atoms with van der Waals surface area (Å²) < 4.78 is 5.15. The molecule has 1 unspecified atom stereocenters. The van der Waals surface area contributed by atoms with Gasteiger partial charge in [0.15, 0.2) is 0 Å². The molecule has 4 nitrogen and oxygen atoms in total. The molecule has 1 fully saturated rings. The van der Waals surface area contributed by atoms with Crippen LogP contribution in [0.3, 0.4) is 0 Å². The van der Waals surface area contributed by atoms with Crippen molar-refractivity contribution in [3.8, 4) is 5.75 Å². The van der Waals surface area contributed by atoms with E-state index in [2.05, 4.69) is 10.6 Å². The van der Waals surface area contributed by atoms with Crippen LogP contribution in [0.15, 0.2) is 24.3 Å². The van der Waals surface area contributed by atoms with E-state index in [1.807, 2.05) is 24.3 Å². The molecule has 0 aliphatic heterocycles. The van der Waals surface area contributed by atoms with E-state index < -0.39 is 0 Å². The summed E-state index contributed by atoms with van der Waals surface area (Å²) in [5.74, 6) is 1.47. The third kappa shape index (κ3) is 4.40. The lowest BCUT2D eigenvalue weighted by Gasteiger charge is -2.19. The van der Waals surface area contributed by atoms with Crippen LogP contribution in [0.1, 0.15) is 24.4 Å². The van der Waals surface area contributed by atoms with Crippen LogP contribution in [-0.2, 0) is 4.79 Å². The number of hydrogen-bond acceptors (Lipinski definition) is 3. The van der Waals surface area contributed by atoms with Crippen LogP contribution in [0.5, 0.6) is 5.75 Å². The molecule has 0 heterocycles. The van der Waals surface area contributed by atoms with Gasteiger partial charge in [-0.25, -0.2) is 0 Å². The van der Waals surface area contributed by atoms with E-state index >= 15 is 0 Å². The van der Waals surface area contributed by atoms with Crippen molar-refractivity contribution in [2.45, 2.75) is 18.9 Å². The Bertz CT molecular complexity index is 404. The van der Waals surface area contributed by atoms with Crippen molar-refractivity contribution in [1.29, 1.82) is 0 Å². The number of carbonyl (C=O) groups is 1. The summed E-state index contributed by atoms with van der Waals surface area (Å²) in [6, 6.07) is 8.07. The number of halogens is 1. The van der Waals surface area contributed by atoms with E-state index in [1.165, 1.54) is 12.8 Å². The van der Waals surface area contributed by atoms with Crippen molar-refractivity contribution in [3.63, 3.8) is 0 Å². The predicted octanol–water partition coefficient (Wildman–Crippen LogP) is 1.90. The van der Waals surface area contributed by atoms with Crippen LogP contribution in [0.2, 0.25) is 0 Å². The number of carbonyl (C=O) groups excluding carboxylic acids is 1. The molecule has 5 heteroatoms. The Balaban J connectivity index is 0.00000180. The smallest absolute Gasteiger partial charge is 0.234 e. The molecule has 2 N–H and O–H groups in total. The zero-order valence-corrected chi connectivity index (χ0v) is 12.1. The van der Waals surface area contributed by atoms with Gasteiger partial charge in [0.25, 0.3) is 0 Å². The Hall–Kier alpha value is -1.26. The lowest BCUT2D eigenvalue weighted by molar-refractivity contribution is -0.121. The third-order valence-corrected chi connectivity index (χ3v) is 3.22. The van der Waals surface area contributed by atoms with Crippen molar-refractivity contribution < 1.29 is 9.53 Å². The number of nitrogens with one attached hydrogen (secondary N) is 2. The molecule has 2 rings (SSSR count). The highest BCUT2D eigenvalue weighted by Crippen LogP contribution is 2.41. The molecular formula is C14H21ClN2O2. The number of hydrogen-bond donors (Lipinski definition) is 2. The number of benzene rings is 1. The quantitative estimate of drug-likeness (QED) is 0.839. The maximum atomic E-state index is 11.7. The van der Waals surface area contributed by atoms with Crippen LogP contribution in [-0.4, -0.2) is 26.6 Å². The molecule has 1 atom stereocenters. The van der Waals surface area contributed by atoms with Gasteiger partial charge in [-0.1, -0.05) is 12.1 Å². The Labute approximate surface area is 120 Å². The largest absolute Gasteiger partial charge is 0.497 e. The predicted molar refractivity (Wildman–Crippen MR) is 77.8 cm³/mol. The first-order valence-corrected chi connectivity index (χ1v) is 6.32. The SMILES string of the molecule is CNCC(=O)NC(c1ccc(OC)cc1)C1CC1.Cl. The monoisotopic (exact) mass is 284 g/mol. The molecule has 0 bridgehead atoms. The first-order chi connectivity index (χ1) is 8.74. The molecule has 1 aromatic rings. The fraction of sp³-hybridized carbons (Fsp3) is 0.500. The average molecular weight is 285 g/mol. The molecule has 1 saturated carbocycles. The van der Waals surface area contributed by atoms with Gasteiger partial charge >= 0.3 is 0 Å². The summed E-state index contributed by atoms with van der Waals surface area (Å²) >= 11 is 0. The molecule has 1 aromatic carbocycles. The number of ether oxygens (including phenoxy) is 1. The number of amides is 1. The Morgan fingerprint density at radius 2 is 2.00 bits per heavy atom. The van der Waals surface area contributed by atoms with E-state index in [4.69, 9.17) is 4.74 Å². The van der Waals surface area contributed by atoms with Gasteiger partial charge in [-0.05, 0) is 43.5 Å². The number of likely N-dealkylation sites (N-methyl/N-ethyl adjacent to an activating group) is 1. The molecule has 1 amide bonds. The van der Waals surface area contributed by atoms with Crippen LogP contribution >= 0.6 is 12.4 Å². The molecule has 0 saturated heterocycles. The minimum Gasteiger partial charge on any atom is -0.497 e. The van der Waals surface area contributed by atoms with E-state index in [-0.39, 0.29) is 24.4 Å². The standard InChI is InChI=1S/C14H20N2O2.ClH/c1-15-9-13(17)16-14(10-3-4-10)11-5-7-12(18-2)8-6-11;/h5-8,10,14-15H,3-4,9H2,1-2H3,(H,16,17);1H. The molecule has 1 aliphatic rings. The molecule has 106 valence electrons. The van der Waals surface area contributed by atoms with Crippen LogP contribution in [0.4, 0.5) is 0 Å². The lowest BCUT2D eigenvalue weighted by atomic mass is 10.0. The zero-order valence-electron chi connectivity index (χ0n) is 11.3. The van der Waals surface area contributed by atoms with E-state index in [9.17, 15) is 4.79 Å². The van der Waals surface area contributed by atoms with Gasteiger partial charge in [0.2, 0.25) is 5.91 Å². The molecule has 0 radical (unpaired) electrons. The van der Waals surface area contributed by atoms with Crippen LogP contribution in [0.25, 0.3) is 0 Å². The lowest BCUT2D eigenvalue weighted by Crippen LogP contribution is -2.35. The summed E-state index contributed by atoms with van der Waals surface area (Å²) in [4.78, 5) is 11.7. The summed E-state index contributed by atoms with van der Waals surface area (Å²) in [5, 5.41) is 5.96. The summed E-state index contributed by atoms with van der Waals surface area (Å²) in [5.41, 5.74) is 1.16. The fourth-order valence-electron chi connectivity index (χ4n) is 2.10. The van der Waals surface area contributed by atoms with Crippen molar-refractivity contribution in [2.75, 3.05) is 20.7 Å². The number of methoxy groups -OCH3 is 1. The summed E-state index contributed by atoms with van der Waals surface area (Å²) in [7, 11) is 3.43. The van der Waals surface area contributed by atoms with Crippen LogP contribution in [0, 0.1) is 5.92 Å². The maximum absolute atomic E-state index is 11.7. The van der Waals surface area contributed by atoms with Gasteiger partial charge in [0.1, 0.15) is 5.75 Å². The highest BCUT2D eigenvalue weighted by molar-refractivity contribution is 5.85. The second-order valence-corrected chi connectivity index (χ2v) is 4.69. The minimum atomic E-state index is 0. The van der Waals surface area contributed by atoms with E-state index in [0.717, 1.165) is 11.3 Å². The fourth-order valence-corrected chi connectivity index (χ4v) is 2.10. The van der Waals surface area contributed by atoms with Crippen molar-refractivity contribution in [3.05, 3.63) is 29.8 Å². The van der Waals surface area contributed by atoms with Crippen molar-refractivity contribution in [1.82, 2.24) is 10.6 Å². The molecule has 1 aliphatic carbocycles. The highest BCUT2D eigenvalue weighted by Gasteiger charge is 2.33. The van der Waals surface area contributed by atoms with Crippen molar-refractivity contribution >= 4 is 18.3 Å². The Morgan fingerprint density at radius 3 is 2.47 bits per heavy atom. The number of rotatable bonds is 6. The second kappa shape index (κ2) is 7.36. The van der Waals surface area contributed by atoms with Gasteiger partial charge in [-0.3, -0.25) is 4.79 Å². The van der Waals surface area contributed by atoms with Gasteiger partial charge in [0, 0.05) is 0 Å². The molecular weight excluding hydrogens is 264 g/mol. The third-order valence-electron chi connectivity index (χ3n) is 3.22. The van der Waals surface area contributed by atoms with Gasteiger partial charge in [0.05, 0.1) is 19.7 Å². The molecule has 0 aromatic heterocycles. The first-order valence-electron chi connectivity index (χ1n) is 6.32. The van der Waals surface area contributed by atoms with Gasteiger partial charge < -0.3 is 15.4 Å². The Morgan fingerprint density at radius 1 is 1.37 bits per heavy atom. The highest BCUT2D eigenvalue weighted by atomic mass is 35.5. The summed E-state index contributed by atoms with van der Waals surface area (Å²) in [6.07, 6.45) is 2.38. The maximum Gasteiger partial charge on any atom is 0.234 e. The molecule has 0 spiro atoms. The van der Waals surface area contributed by atoms with Gasteiger partial charge in [-0.15, -0.1) is 12.4 Å².